The lowest BCUT2D eigenvalue weighted by atomic mass is 10.1. The fourth-order valence-electron chi connectivity index (χ4n) is 3.60. The molecule has 0 radical (unpaired) electrons. The molecule has 1 amide bonds. The van der Waals surface area contributed by atoms with Gasteiger partial charge >= 0.3 is 5.97 Å². The molecule has 0 spiro atoms. The Balaban J connectivity index is 1.61. The number of hydrogen-bond acceptors (Lipinski definition) is 7. The number of fused-ring (bicyclic) bond motifs is 1. The van der Waals surface area contributed by atoms with Crippen molar-refractivity contribution in [2.24, 2.45) is 0 Å². The first kappa shape index (κ1) is 25.8. The van der Waals surface area contributed by atoms with Crippen molar-refractivity contribution < 1.29 is 28.2 Å². The minimum Gasteiger partial charge on any atom is -0.497 e. The van der Waals surface area contributed by atoms with Gasteiger partial charge in [-0.15, -0.1) is 0 Å². The van der Waals surface area contributed by atoms with Gasteiger partial charge in [0.1, 0.15) is 11.3 Å². The Hall–Kier alpha value is -4.30. The van der Waals surface area contributed by atoms with Crippen molar-refractivity contribution >= 4 is 40.1 Å². The second-order valence-corrected chi connectivity index (χ2v) is 8.46. The van der Waals surface area contributed by atoms with Crippen LogP contribution in [0.3, 0.4) is 0 Å². The number of aryl methyl sites for hydroxylation is 1. The van der Waals surface area contributed by atoms with E-state index in [1.165, 1.54) is 6.07 Å². The van der Waals surface area contributed by atoms with Crippen LogP contribution in [0.4, 0.5) is 5.69 Å². The summed E-state index contributed by atoms with van der Waals surface area (Å²) in [5.41, 5.74) is 2.02. The van der Waals surface area contributed by atoms with E-state index in [0.29, 0.717) is 33.2 Å². The molecule has 8 nitrogen and oxygen atoms in total. The lowest BCUT2D eigenvalue weighted by molar-refractivity contribution is -0.118. The first-order valence-electron chi connectivity index (χ1n) is 11.4. The Morgan fingerprint density at radius 1 is 1.03 bits per heavy atom. The van der Waals surface area contributed by atoms with Crippen molar-refractivity contribution in [1.29, 1.82) is 0 Å². The topological polar surface area (TPSA) is 104 Å². The van der Waals surface area contributed by atoms with E-state index in [-0.39, 0.29) is 23.5 Å². The highest BCUT2D eigenvalue weighted by atomic mass is 35.5. The zero-order chi connectivity index (χ0) is 26.5. The summed E-state index contributed by atoms with van der Waals surface area (Å²) in [6.07, 6.45) is 0. The molecule has 0 unspecified atom stereocenters. The number of hydrogen-bond donors (Lipinski definition) is 1. The summed E-state index contributed by atoms with van der Waals surface area (Å²) in [4.78, 5) is 37.8. The predicted octanol–water partition coefficient (Wildman–Crippen LogP) is 5.62. The normalized spacial score (nSPS) is 10.7. The van der Waals surface area contributed by atoms with Gasteiger partial charge in [-0.1, -0.05) is 11.6 Å². The molecule has 0 fully saturated rings. The molecule has 1 N–H and O–H groups in total. The van der Waals surface area contributed by atoms with Gasteiger partial charge in [-0.25, -0.2) is 4.79 Å². The molecule has 0 aliphatic heterocycles. The van der Waals surface area contributed by atoms with Crippen molar-refractivity contribution in [3.63, 3.8) is 0 Å². The highest BCUT2D eigenvalue weighted by Crippen LogP contribution is 2.33. The van der Waals surface area contributed by atoms with Gasteiger partial charge < -0.3 is 23.9 Å². The molecule has 0 saturated carbocycles. The third-order valence-corrected chi connectivity index (χ3v) is 5.92. The Bertz CT molecular complexity index is 1510. The third-order valence-electron chi connectivity index (χ3n) is 5.51. The summed E-state index contributed by atoms with van der Waals surface area (Å²) < 4.78 is 22.0. The monoisotopic (exact) mass is 521 g/mol. The number of methoxy groups -OCH3 is 1. The predicted molar refractivity (Wildman–Crippen MR) is 141 cm³/mol. The zero-order valence-electron chi connectivity index (χ0n) is 20.4. The second kappa shape index (κ2) is 11.2. The lowest BCUT2D eigenvalue weighted by Gasteiger charge is -2.13. The third kappa shape index (κ3) is 5.76. The average Bonchev–Trinajstić information content (AvgIpc) is 2.90. The van der Waals surface area contributed by atoms with Gasteiger partial charge in [0.25, 0.3) is 5.91 Å². The number of amides is 1. The number of nitrogens with one attached hydrogen (secondary N) is 1. The molecule has 1 heterocycles. The Labute approximate surface area is 217 Å². The summed E-state index contributed by atoms with van der Waals surface area (Å²) >= 11 is 6.24. The summed E-state index contributed by atoms with van der Waals surface area (Å²) in [6, 6.07) is 16.3. The minimum atomic E-state index is -0.508. The molecule has 0 saturated heterocycles. The van der Waals surface area contributed by atoms with Crippen LogP contribution in [0.5, 0.6) is 11.5 Å². The van der Waals surface area contributed by atoms with Crippen LogP contribution >= 0.6 is 11.6 Å². The molecule has 4 rings (SSSR count). The van der Waals surface area contributed by atoms with Crippen LogP contribution in [0.2, 0.25) is 5.02 Å². The number of esters is 1. The van der Waals surface area contributed by atoms with Gasteiger partial charge in [0, 0.05) is 16.3 Å². The second-order valence-electron chi connectivity index (χ2n) is 8.05. The molecule has 0 atom stereocenters. The van der Waals surface area contributed by atoms with Crippen molar-refractivity contribution in [1.82, 2.24) is 0 Å². The standard InChI is InChI=1S/C28H24ClNO7/c1-4-35-28(33)18-5-9-19(10-6-18)30-24(31)15-36-27-25(32)21-14-22(29)16(2)13-23(21)37-26(27)17-7-11-20(34-3)12-8-17/h5-14H,4,15H2,1-3H3,(H,30,31). The van der Waals surface area contributed by atoms with Crippen LogP contribution < -0.4 is 20.2 Å². The molecule has 1 aromatic heterocycles. The van der Waals surface area contributed by atoms with Crippen LogP contribution in [0.25, 0.3) is 22.3 Å². The van der Waals surface area contributed by atoms with E-state index >= 15 is 0 Å². The summed E-state index contributed by atoms with van der Waals surface area (Å²) in [6.45, 7) is 3.33. The maximum Gasteiger partial charge on any atom is 0.338 e. The van der Waals surface area contributed by atoms with Crippen molar-refractivity contribution in [3.05, 3.63) is 87.0 Å². The highest BCUT2D eigenvalue weighted by molar-refractivity contribution is 6.32. The molecule has 4 aromatic rings. The van der Waals surface area contributed by atoms with E-state index in [2.05, 4.69) is 5.32 Å². The Morgan fingerprint density at radius 2 is 1.73 bits per heavy atom. The molecule has 0 aliphatic carbocycles. The van der Waals surface area contributed by atoms with Crippen LogP contribution in [0.1, 0.15) is 22.8 Å². The van der Waals surface area contributed by atoms with E-state index in [0.717, 1.165) is 5.56 Å². The lowest BCUT2D eigenvalue weighted by Crippen LogP contribution is -2.22. The number of carbonyl (C=O) groups is 2. The number of rotatable bonds is 8. The first-order chi connectivity index (χ1) is 17.8. The maximum absolute atomic E-state index is 13.4. The van der Waals surface area contributed by atoms with Gasteiger partial charge in [0.15, 0.2) is 12.4 Å². The number of carbonyl (C=O) groups excluding carboxylic acids is 2. The van der Waals surface area contributed by atoms with Gasteiger partial charge in [-0.2, -0.15) is 0 Å². The number of halogens is 1. The van der Waals surface area contributed by atoms with Gasteiger partial charge in [-0.3, -0.25) is 9.59 Å². The molecular weight excluding hydrogens is 498 g/mol. The van der Waals surface area contributed by atoms with Crippen LogP contribution in [0, 0.1) is 6.92 Å². The van der Waals surface area contributed by atoms with Gasteiger partial charge in [0.05, 0.1) is 24.7 Å². The largest absolute Gasteiger partial charge is 0.497 e. The molecule has 0 aliphatic rings. The van der Waals surface area contributed by atoms with Crippen LogP contribution in [-0.4, -0.2) is 32.2 Å². The Morgan fingerprint density at radius 3 is 2.38 bits per heavy atom. The van der Waals surface area contributed by atoms with Crippen molar-refractivity contribution in [2.75, 3.05) is 25.6 Å². The zero-order valence-corrected chi connectivity index (χ0v) is 21.2. The van der Waals surface area contributed by atoms with E-state index in [1.54, 1.807) is 68.6 Å². The SMILES string of the molecule is CCOC(=O)c1ccc(NC(=O)COc2c(-c3ccc(OC)cc3)oc3cc(C)c(Cl)cc3c2=O)cc1. The van der Waals surface area contributed by atoms with E-state index in [1.807, 2.05) is 6.92 Å². The van der Waals surface area contributed by atoms with Gasteiger partial charge in [-0.05, 0) is 80.1 Å². The quantitative estimate of drug-likeness (QED) is 0.300. The molecular formula is C28H24ClNO7. The first-order valence-corrected chi connectivity index (χ1v) is 11.8. The number of ether oxygens (including phenoxy) is 3. The van der Waals surface area contributed by atoms with Crippen molar-refractivity contribution in [3.8, 4) is 22.8 Å². The van der Waals surface area contributed by atoms with E-state index in [9.17, 15) is 14.4 Å². The molecule has 9 heteroatoms. The minimum absolute atomic E-state index is 0.120. The average molecular weight is 522 g/mol. The highest BCUT2D eigenvalue weighted by Gasteiger charge is 2.20. The van der Waals surface area contributed by atoms with Crippen molar-refractivity contribution in [2.45, 2.75) is 13.8 Å². The summed E-state index contributed by atoms with van der Waals surface area (Å²) in [5.74, 6) is -0.275. The van der Waals surface area contributed by atoms with Crippen LogP contribution in [-0.2, 0) is 9.53 Å². The van der Waals surface area contributed by atoms with E-state index in [4.69, 9.17) is 30.2 Å². The summed E-state index contributed by atoms with van der Waals surface area (Å²) in [5, 5.41) is 3.31. The molecule has 190 valence electrons. The number of anilines is 1. The summed E-state index contributed by atoms with van der Waals surface area (Å²) in [7, 11) is 1.55. The smallest absolute Gasteiger partial charge is 0.338 e. The number of benzene rings is 3. The molecule has 0 bridgehead atoms. The van der Waals surface area contributed by atoms with Crippen LogP contribution in [0.15, 0.2) is 69.9 Å². The maximum atomic E-state index is 13.4. The molecule has 3 aromatic carbocycles. The fourth-order valence-corrected chi connectivity index (χ4v) is 3.76. The molecule has 37 heavy (non-hydrogen) atoms. The van der Waals surface area contributed by atoms with E-state index < -0.39 is 23.9 Å². The fraction of sp³-hybridized carbons (Fsp3) is 0.179. The van der Waals surface area contributed by atoms with Gasteiger partial charge in [0.2, 0.25) is 11.2 Å². The Kier molecular flexibility index (Phi) is 7.79.